The summed E-state index contributed by atoms with van der Waals surface area (Å²) in [5, 5.41) is 11.5. The summed E-state index contributed by atoms with van der Waals surface area (Å²) in [6, 6.07) is 2.43. The summed E-state index contributed by atoms with van der Waals surface area (Å²) in [7, 11) is 0. The fourth-order valence-electron chi connectivity index (χ4n) is 1.29. The number of ether oxygens (including phenoxy) is 1. The first-order valence-electron chi connectivity index (χ1n) is 4.84. The lowest BCUT2D eigenvalue weighted by molar-refractivity contribution is -0.131. The number of carbonyl (C=O) groups is 3. The molecule has 18 heavy (non-hydrogen) atoms. The van der Waals surface area contributed by atoms with Crippen LogP contribution in [0.25, 0.3) is 0 Å². The maximum Gasteiger partial charge on any atom is 0.339 e. The maximum absolute atomic E-state index is 11.0. The van der Waals surface area contributed by atoms with Gasteiger partial charge >= 0.3 is 11.9 Å². The number of aromatic carboxylic acids is 1. The zero-order valence-electron chi connectivity index (χ0n) is 9.61. The van der Waals surface area contributed by atoms with Crippen molar-refractivity contribution in [2.45, 2.75) is 13.8 Å². The van der Waals surface area contributed by atoms with Crippen LogP contribution >= 0.6 is 11.6 Å². The molecule has 1 aromatic rings. The molecule has 96 valence electrons. The van der Waals surface area contributed by atoms with Gasteiger partial charge in [-0.1, -0.05) is 11.6 Å². The Bertz CT molecular complexity index is 526. The summed E-state index contributed by atoms with van der Waals surface area (Å²) in [6.45, 7) is 2.36. The van der Waals surface area contributed by atoms with E-state index in [1.165, 1.54) is 13.0 Å². The van der Waals surface area contributed by atoms with Gasteiger partial charge in [0.15, 0.2) is 5.75 Å². The van der Waals surface area contributed by atoms with Gasteiger partial charge < -0.3 is 15.2 Å². The smallest absolute Gasteiger partial charge is 0.339 e. The minimum absolute atomic E-state index is 0.0302. The van der Waals surface area contributed by atoms with Gasteiger partial charge in [-0.15, -0.1) is 0 Å². The Morgan fingerprint density at radius 3 is 2.33 bits per heavy atom. The van der Waals surface area contributed by atoms with Crippen LogP contribution in [0.3, 0.4) is 0 Å². The molecule has 0 aliphatic carbocycles. The van der Waals surface area contributed by atoms with E-state index in [-0.39, 0.29) is 22.0 Å². The maximum atomic E-state index is 11.0. The van der Waals surface area contributed by atoms with Crippen molar-refractivity contribution in [2.24, 2.45) is 0 Å². The topological polar surface area (TPSA) is 92.7 Å². The molecule has 6 nitrogen and oxygen atoms in total. The molecular formula is C11H10ClNO5. The lowest BCUT2D eigenvalue weighted by atomic mass is 10.1. The molecule has 0 fully saturated rings. The Labute approximate surface area is 108 Å². The fourth-order valence-corrected chi connectivity index (χ4v) is 1.51. The predicted molar refractivity (Wildman–Crippen MR) is 64.0 cm³/mol. The molecule has 0 unspecified atom stereocenters. The molecule has 0 aliphatic heterocycles. The number of esters is 1. The van der Waals surface area contributed by atoms with Crippen molar-refractivity contribution in [3.05, 3.63) is 22.7 Å². The third kappa shape index (κ3) is 3.46. The molecular weight excluding hydrogens is 262 g/mol. The number of anilines is 1. The van der Waals surface area contributed by atoms with Gasteiger partial charge in [0.1, 0.15) is 5.56 Å². The van der Waals surface area contributed by atoms with E-state index in [4.69, 9.17) is 21.4 Å². The van der Waals surface area contributed by atoms with Crippen molar-refractivity contribution in [1.29, 1.82) is 0 Å². The number of rotatable bonds is 3. The normalized spacial score (nSPS) is 9.72. The van der Waals surface area contributed by atoms with Crippen molar-refractivity contribution in [2.75, 3.05) is 5.32 Å². The zero-order valence-corrected chi connectivity index (χ0v) is 10.4. The monoisotopic (exact) mass is 271 g/mol. The predicted octanol–water partition coefficient (Wildman–Crippen LogP) is 1.92. The molecule has 1 rings (SSSR count). The molecule has 1 amide bonds. The van der Waals surface area contributed by atoms with Crippen molar-refractivity contribution in [3.8, 4) is 5.75 Å². The largest absolute Gasteiger partial charge is 0.478 e. The average Bonchev–Trinajstić information content (AvgIpc) is 2.19. The van der Waals surface area contributed by atoms with E-state index < -0.39 is 17.8 Å². The molecule has 1 aromatic carbocycles. The van der Waals surface area contributed by atoms with Crippen LogP contribution in [0.2, 0.25) is 5.02 Å². The standard InChI is InChI=1S/C11H10ClNO5/c1-5(14)13-9-4-7(12)3-8(11(16)17)10(9)18-6(2)15/h3-4H,1-2H3,(H,13,14)(H,16,17). The minimum atomic E-state index is -1.32. The summed E-state index contributed by atoms with van der Waals surface area (Å²) in [5.41, 5.74) is -0.274. The number of hydrogen-bond acceptors (Lipinski definition) is 4. The minimum Gasteiger partial charge on any atom is -0.478 e. The van der Waals surface area contributed by atoms with Crippen LogP contribution in [0.5, 0.6) is 5.75 Å². The van der Waals surface area contributed by atoms with Gasteiger partial charge in [-0.25, -0.2) is 4.79 Å². The van der Waals surface area contributed by atoms with Gasteiger partial charge in [-0.05, 0) is 12.1 Å². The quantitative estimate of drug-likeness (QED) is 0.647. The number of carboxylic acids is 1. The molecule has 0 aromatic heterocycles. The Balaban J connectivity index is 3.41. The van der Waals surface area contributed by atoms with Crippen molar-refractivity contribution in [1.82, 2.24) is 0 Å². The first-order chi connectivity index (χ1) is 8.31. The highest BCUT2D eigenvalue weighted by atomic mass is 35.5. The van der Waals surface area contributed by atoms with Gasteiger partial charge in [0.2, 0.25) is 5.91 Å². The summed E-state index contributed by atoms with van der Waals surface area (Å²) >= 11 is 5.73. The molecule has 0 heterocycles. The third-order valence-electron chi connectivity index (χ3n) is 1.84. The average molecular weight is 272 g/mol. The highest BCUT2D eigenvalue weighted by Crippen LogP contribution is 2.33. The Hall–Kier alpha value is -2.08. The summed E-state index contributed by atoms with van der Waals surface area (Å²) in [5.74, 6) is -2.71. The number of benzene rings is 1. The SMILES string of the molecule is CC(=O)Nc1cc(Cl)cc(C(=O)O)c1OC(C)=O. The second-order valence-electron chi connectivity index (χ2n) is 3.41. The van der Waals surface area contributed by atoms with Crippen LogP contribution in [0, 0.1) is 0 Å². The van der Waals surface area contributed by atoms with Crippen LogP contribution in [0.15, 0.2) is 12.1 Å². The van der Waals surface area contributed by atoms with E-state index in [1.54, 1.807) is 0 Å². The number of hydrogen-bond donors (Lipinski definition) is 2. The van der Waals surface area contributed by atoms with Crippen LogP contribution in [-0.2, 0) is 9.59 Å². The number of nitrogens with one attached hydrogen (secondary N) is 1. The summed E-state index contributed by atoms with van der Waals surface area (Å²) < 4.78 is 4.80. The van der Waals surface area contributed by atoms with E-state index >= 15 is 0 Å². The summed E-state index contributed by atoms with van der Waals surface area (Å²) in [6.07, 6.45) is 0. The Kier molecular flexibility index (Phi) is 4.28. The number of carbonyl (C=O) groups excluding carboxylic acids is 2. The number of carboxylic acid groups (broad SMARTS) is 1. The van der Waals surface area contributed by atoms with Gasteiger partial charge in [0, 0.05) is 18.9 Å². The molecule has 7 heteroatoms. The Morgan fingerprint density at radius 2 is 1.89 bits per heavy atom. The van der Waals surface area contributed by atoms with Crippen molar-refractivity contribution < 1.29 is 24.2 Å². The Morgan fingerprint density at radius 1 is 1.28 bits per heavy atom. The van der Waals surface area contributed by atoms with E-state index in [0.29, 0.717) is 0 Å². The van der Waals surface area contributed by atoms with Crippen molar-refractivity contribution >= 4 is 35.1 Å². The van der Waals surface area contributed by atoms with Crippen LogP contribution in [0.4, 0.5) is 5.69 Å². The second kappa shape index (κ2) is 5.50. The van der Waals surface area contributed by atoms with Gasteiger partial charge in [0.25, 0.3) is 0 Å². The number of halogens is 1. The molecule has 0 bridgehead atoms. The highest BCUT2D eigenvalue weighted by molar-refractivity contribution is 6.31. The van der Waals surface area contributed by atoms with Gasteiger partial charge in [0.05, 0.1) is 5.69 Å². The summed E-state index contributed by atoms with van der Waals surface area (Å²) in [4.78, 5) is 33.0. The first kappa shape index (κ1) is 14.0. The van der Waals surface area contributed by atoms with E-state index in [9.17, 15) is 14.4 Å². The van der Waals surface area contributed by atoms with Gasteiger partial charge in [-0.3, -0.25) is 9.59 Å². The first-order valence-corrected chi connectivity index (χ1v) is 5.22. The molecule has 0 atom stereocenters. The molecule has 2 N–H and O–H groups in total. The van der Waals surface area contributed by atoms with Gasteiger partial charge in [-0.2, -0.15) is 0 Å². The van der Waals surface area contributed by atoms with Crippen LogP contribution in [-0.4, -0.2) is 23.0 Å². The second-order valence-corrected chi connectivity index (χ2v) is 3.85. The van der Waals surface area contributed by atoms with E-state index in [2.05, 4.69) is 5.32 Å². The number of amides is 1. The van der Waals surface area contributed by atoms with Crippen molar-refractivity contribution in [3.63, 3.8) is 0 Å². The fraction of sp³-hybridized carbons (Fsp3) is 0.182. The highest BCUT2D eigenvalue weighted by Gasteiger charge is 2.19. The third-order valence-corrected chi connectivity index (χ3v) is 2.06. The lowest BCUT2D eigenvalue weighted by Gasteiger charge is -2.12. The molecule has 0 aliphatic rings. The molecule has 0 saturated carbocycles. The van der Waals surface area contributed by atoms with Crippen LogP contribution in [0.1, 0.15) is 24.2 Å². The zero-order chi connectivity index (χ0) is 13.9. The lowest BCUT2D eigenvalue weighted by Crippen LogP contribution is -2.13. The molecule has 0 saturated heterocycles. The molecule has 0 spiro atoms. The van der Waals surface area contributed by atoms with E-state index in [1.807, 2.05) is 0 Å². The van der Waals surface area contributed by atoms with Crippen LogP contribution < -0.4 is 10.1 Å². The molecule has 0 radical (unpaired) electrons. The van der Waals surface area contributed by atoms with E-state index in [0.717, 1.165) is 13.0 Å².